The molecular weight excluding hydrogens is 359 g/mol. The van der Waals surface area contributed by atoms with Gasteiger partial charge in [-0.05, 0) is 60.8 Å². The Labute approximate surface area is 157 Å². The summed E-state index contributed by atoms with van der Waals surface area (Å²) in [4.78, 5) is 0. The van der Waals surface area contributed by atoms with Gasteiger partial charge >= 0.3 is 0 Å². The van der Waals surface area contributed by atoms with Crippen LogP contribution in [0, 0.1) is 6.92 Å². The van der Waals surface area contributed by atoms with Gasteiger partial charge in [-0.1, -0.05) is 77.3 Å². The predicted octanol–water partition coefficient (Wildman–Crippen LogP) is 6.46. The van der Waals surface area contributed by atoms with Crippen LogP contribution in [0.15, 0.2) is 72.8 Å². The van der Waals surface area contributed by atoms with Crippen LogP contribution < -0.4 is 0 Å². The van der Waals surface area contributed by atoms with E-state index in [0.29, 0.717) is 10.0 Å². The van der Waals surface area contributed by atoms with Crippen LogP contribution in [0.5, 0.6) is 0 Å². The Balaban J connectivity index is 2.27. The smallest absolute Gasteiger partial charge is 0.157 e. The fourth-order valence-corrected chi connectivity index (χ4v) is 3.38. The largest absolute Gasteiger partial charge is 0.298 e. The summed E-state index contributed by atoms with van der Waals surface area (Å²) in [6.07, 6.45) is 0. The number of halogens is 2. The quantitative estimate of drug-likeness (QED) is 0.313. The summed E-state index contributed by atoms with van der Waals surface area (Å²) in [5.41, 5.74) is 3.18. The van der Waals surface area contributed by atoms with Gasteiger partial charge in [-0.3, -0.25) is 4.18 Å². The van der Waals surface area contributed by atoms with E-state index in [1.54, 1.807) is 0 Å². The number of benzene rings is 3. The fourth-order valence-electron chi connectivity index (χ4n) is 2.82. The van der Waals surface area contributed by atoms with E-state index >= 15 is 0 Å². The van der Waals surface area contributed by atoms with Gasteiger partial charge in [0.2, 0.25) is 0 Å². The summed E-state index contributed by atoms with van der Waals surface area (Å²) < 4.78 is 5.82. The lowest BCUT2D eigenvalue weighted by molar-refractivity contribution is 0.198. The molecule has 0 heterocycles. The molecule has 0 spiro atoms. The molecule has 0 aliphatic heterocycles. The molecule has 0 saturated heterocycles. The Morgan fingerprint density at radius 2 is 1.00 bits per heavy atom. The highest BCUT2D eigenvalue weighted by Gasteiger charge is 2.37. The van der Waals surface area contributed by atoms with E-state index in [1.807, 2.05) is 48.5 Å². The Hall–Kier alpha value is -1.45. The van der Waals surface area contributed by atoms with E-state index < -0.39 is 5.60 Å². The molecule has 0 amide bonds. The van der Waals surface area contributed by atoms with Crippen molar-refractivity contribution in [1.82, 2.24) is 0 Å². The minimum Gasteiger partial charge on any atom is -0.298 e. The zero-order valence-electron chi connectivity index (χ0n) is 13.0. The van der Waals surface area contributed by atoms with Crippen molar-refractivity contribution in [1.29, 1.82) is 0 Å². The molecule has 0 aromatic heterocycles. The summed E-state index contributed by atoms with van der Waals surface area (Å²) in [6.45, 7) is 2.05. The lowest BCUT2D eigenvalue weighted by atomic mass is 9.80. The van der Waals surface area contributed by atoms with Crippen LogP contribution in [0.3, 0.4) is 0 Å². The molecule has 24 heavy (non-hydrogen) atoms. The van der Waals surface area contributed by atoms with Gasteiger partial charge in [0.05, 0.1) is 0 Å². The first-order chi connectivity index (χ1) is 11.6. The molecule has 122 valence electrons. The molecule has 4 heteroatoms. The molecule has 3 rings (SSSR count). The molecule has 0 atom stereocenters. The van der Waals surface area contributed by atoms with E-state index in [0.717, 1.165) is 16.7 Å². The zero-order chi connectivity index (χ0) is 17.2. The van der Waals surface area contributed by atoms with Crippen LogP contribution in [-0.2, 0) is 9.78 Å². The maximum atomic E-state index is 6.06. The second-order valence-electron chi connectivity index (χ2n) is 5.65. The van der Waals surface area contributed by atoms with Crippen molar-refractivity contribution in [3.63, 3.8) is 0 Å². The fraction of sp³-hybridized carbons (Fsp3) is 0.100. The zero-order valence-corrected chi connectivity index (χ0v) is 15.4. The van der Waals surface area contributed by atoms with Crippen molar-refractivity contribution in [3.05, 3.63) is 105 Å². The third kappa shape index (κ3) is 3.20. The molecule has 0 unspecified atom stereocenters. The van der Waals surface area contributed by atoms with Crippen molar-refractivity contribution >= 4 is 36.1 Å². The first kappa shape index (κ1) is 17.4. The van der Waals surface area contributed by atoms with Gasteiger partial charge < -0.3 is 0 Å². The highest BCUT2D eigenvalue weighted by Crippen LogP contribution is 2.42. The second kappa shape index (κ2) is 7.20. The summed E-state index contributed by atoms with van der Waals surface area (Å²) >= 11 is 16.4. The monoisotopic (exact) mass is 374 g/mol. The van der Waals surface area contributed by atoms with Gasteiger partial charge in [-0.25, -0.2) is 0 Å². The number of rotatable bonds is 4. The molecule has 0 aliphatic carbocycles. The normalized spacial score (nSPS) is 11.5. The van der Waals surface area contributed by atoms with Crippen LogP contribution in [0.4, 0.5) is 0 Å². The highest BCUT2D eigenvalue weighted by atomic mass is 35.5. The standard InChI is InChI=1S/C20H16Cl2OS/c1-14-2-4-15(5-3-14)20(23-24,16-6-10-18(21)11-7-16)17-8-12-19(22)13-9-17/h2-13,24H,1H3. The topological polar surface area (TPSA) is 9.23 Å². The predicted molar refractivity (Wildman–Crippen MR) is 104 cm³/mol. The Kier molecular flexibility index (Phi) is 5.21. The molecular formula is C20H16Cl2OS. The first-order valence-electron chi connectivity index (χ1n) is 7.48. The van der Waals surface area contributed by atoms with E-state index in [1.165, 1.54) is 5.56 Å². The summed E-state index contributed by atoms with van der Waals surface area (Å²) in [5.74, 6) is 0. The van der Waals surface area contributed by atoms with Gasteiger partial charge in [0.15, 0.2) is 5.60 Å². The molecule has 1 nitrogen and oxygen atoms in total. The summed E-state index contributed by atoms with van der Waals surface area (Å²) in [7, 11) is 0. The SMILES string of the molecule is Cc1ccc(C(OS)(c2ccc(Cl)cc2)c2ccc(Cl)cc2)cc1. The van der Waals surface area contributed by atoms with Crippen molar-refractivity contribution in [2.45, 2.75) is 12.5 Å². The van der Waals surface area contributed by atoms with E-state index in [2.05, 4.69) is 44.1 Å². The van der Waals surface area contributed by atoms with Crippen LogP contribution in [0.2, 0.25) is 10.0 Å². The minimum absolute atomic E-state index is 0.673. The summed E-state index contributed by atoms with van der Waals surface area (Å²) in [6, 6.07) is 23.4. The van der Waals surface area contributed by atoms with Gasteiger partial charge in [0, 0.05) is 10.0 Å². The lowest BCUT2D eigenvalue weighted by Gasteiger charge is -2.33. The van der Waals surface area contributed by atoms with Crippen LogP contribution in [0.25, 0.3) is 0 Å². The van der Waals surface area contributed by atoms with Crippen LogP contribution in [0.1, 0.15) is 22.3 Å². The van der Waals surface area contributed by atoms with Crippen LogP contribution >= 0.6 is 36.1 Å². The highest BCUT2D eigenvalue weighted by molar-refractivity contribution is 7.75. The van der Waals surface area contributed by atoms with E-state index in [4.69, 9.17) is 27.4 Å². The van der Waals surface area contributed by atoms with E-state index in [-0.39, 0.29) is 0 Å². The molecule has 0 saturated carbocycles. The maximum Gasteiger partial charge on any atom is 0.157 e. The minimum atomic E-state index is -0.855. The molecule has 0 bridgehead atoms. The first-order valence-corrected chi connectivity index (χ1v) is 8.60. The second-order valence-corrected chi connectivity index (χ2v) is 6.71. The Morgan fingerprint density at radius 3 is 1.33 bits per heavy atom. The van der Waals surface area contributed by atoms with Crippen molar-refractivity contribution in [2.75, 3.05) is 0 Å². The van der Waals surface area contributed by atoms with Crippen molar-refractivity contribution in [3.8, 4) is 0 Å². The van der Waals surface area contributed by atoms with Gasteiger partial charge in [-0.2, -0.15) is 0 Å². The molecule has 3 aromatic rings. The molecule has 0 radical (unpaired) electrons. The van der Waals surface area contributed by atoms with Crippen LogP contribution in [-0.4, -0.2) is 0 Å². The van der Waals surface area contributed by atoms with Crippen molar-refractivity contribution in [2.24, 2.45) is 0 Å². The molecule has 0 aliphatic rings. The maximum absolute atomic E-state index is 6.06. The summed E-state index contributed by atoms with van der Waals surface area (Å²) in [5, 5.41) is 1.35. The molecule has 0 fully saturated rings. The number of aryl methyl sites for hydroxylation is 1. The number of hydrogen-bond acceptors (Lipinski definition) is 2. The lowest BCUT2D eigenvalue weighted by Crippen LogP contribution is -2.30. The van der Waals surface area contributed by atoms with Gasteiger partial charge in [0.25, 0.3) is 0 Å². The third-order valence-electron chi connectivity index (χ3n) is 4.10. The van der Waals surface area contributed by atoms with Gasteiger partial charge in [-0.15, -0.1) is 0 Å². The van der Waals surface area contributed by atoms with Crippen molar-refractivity contribution < 1.29 is 4.18 Å². The Bertz CT molecular complexity index is 701. The van der Waals surface area contributed by atoms with Gasteiger partial charge in [0.1, 0.15) is 0 Å². The average Bonchev–Trinajstić information content (AvgIpc) is 2.60. The third-order valence-corrected chi connectivity index (χ3v) is 4.87. The number of hydrogen-bond donors (Lipinski definition) is 1. The van der Waals surface area contributed by atoms with E-state index in [9.17, 15) is 0 Å². The molecule has 0 N–H and O–H groups in total. The Morgan fingerprint density at radius 1 is 0.667 bits per heavy atom. The molecule has 3 aromatic carbocycles. The number of thiol groups is 1. The average molecular weight is 375 g/mol.